The zero-order valence-electron chi connectivity index (χ0n) is 20.6. The van der Waals surface area contributed by atoms with Gasteiger partial charge in [0.15, 0.2) is 0 Å². The van der Waals surface area contributed by atoms with Crippen LogP contribution in [0.5, 0.6) is 5.75 Å². The van der Waals surface area contributed by atoms with Crippen molar-refractivity contribution in [1.82, 2.24) is 20.4 Å². The van der Waals surface area contributed by atoms with Crippen molar-refractivity contribution in [3.63, 3.8) is 0 Å². The molecule has 0 spiro atoms. The summed E-state index contributed by atoms with van der Waals surface area (Å²) in [7, 11) is 0. The summed E-state index contributed by atoms with van der Waals surface area (Å²) >= 11 is 1.53. The summed E-state index contributed by atoms with van der Waals surface area (Å²) in [4.78, 5) is 2.06. The zero-order chi connectivity index (χ0) is 25.1. The van der Waals surface area contributed by atoms with Crippen LogP contribution in [0.1, 0.15) is 43.0 Å². The molecule has 1 saturated heterocycles. The molecule has 2 aliphatic rings. The van der Waals surface area contributed by atoms with Crippen LogP contribution in [0, 0.1) is 11.3 Å². The highest BCUT2D eigenvalue weighted by Gasteiger charge is 2.27. The standard InChI is InChI=1S/C27H31N5O3S/c1-17(2)35-24-9-6-18(14-19(24)15-28)26-30-31-27(36-26)22-5-3-4-21-20(22)7-8-23(21)29-16-25(33)32-10-12-34-13-11-32/h3-6,9,14,17,23,25,29,33H,7-8,10-13,16H2,1-2H3. The summed E-state index contributed by atoms with van der Waals surface area (Å²) in [6.07, 6.45) is 1.42. The van der Waals surface area contributed by atoms with Crippen LogP contribution >= 0.6 is 11.3 Å². The fourth-order valence-corrected chi connectivity index (χ4v) is 5.77. The second kappa shape index (κ2) is 11.0. The number of aromatic nitrogens is 2. The van der Waals surface area contributed by atoms with E-state index in [9.17, 15) is 10.4 Å². The normalized spacial score (nSPS) is 18.7. The van der Waals surface area contributed by atoms with E-state index in [1.54, 1.807) is 0 Å². The summed E-state index contributed by atoms with van der Waals surface area (Å²) in [6.45, 7) is 7.27. The summed E-state index contributed by atoms with van der Waals surface area (Å²) in [5.74, 6) is 0.583. The van der Waals surface area contributed by atoms with Gasteiger partial charge in [0.2, 0.25) is 0 Å². The molecule has 1 fully saturated rings. The second-order valence-electron chi connectivity index (χ2n) is 9.40. The predicted molar refractivity (Wildman–Crippen MR) is 139 cm³/mol. The maximum absolute atomic E-state index is 10.6. The maximum Gasteiger partial charge on any atom is 0.148 e. The molecule has 5 rings (SSSR count). The van der Waals surface area contributed by atoms with Crippen LogP contribution in [-0.4, -0.2) is 65.4 Å². The average molecular weight is 506 g/mol. The van der Waals surface area contributed by atoms with Crippen molar-refractivity contribution >= 4 is 11.3 Å². The summed E-state index contributed by atoms with van der Waals surface area (Å²) in [5, 5.41) is 34.3. The average Bonchev–Trinajstić information content (AvgIpc) is 3.55. The quantitative estimate of drug-likeness (QED) is 0.477. The van der Waals surface area contributed by atoms with Crippen molar-refractivity contribution in [2.45, 2.75) is 45.1 Å². The van der Waals surface area contributed by atoms with Gasteiger partial charge in [0.25, 0.3) is 0 Å². The molecule has 1 aliphatic heterocycles. The third-order valence-corrected chi connectivity index (χ3v) is 7.66. The molecule has 1 aromatic heterocycles. The van der Waals surface area contributed by atoms with E-state index >= 15 is 0 Å². The third-order valence-electron chi connectivity index (χ3n) is 6.65. The monoisotopic (exact) mass is 505 g/mol. The number of nitriles is 1. The van der Waals surface area contributed by atoms with Gasteiger partial charge in [-0.1, -0.05) is 29.5 Å². The molecule has 2 heterocycles. The Hall–Kier alpha value is -2.87. The number of benzene rings is 2. The van der Waals surface area contributed by atoms with Gasteiger partial charge in [-0.05, 0) is 56.0 Å². The number of hydrogen-bond donors (Lipinski definition) is 2. The molecular weight excluding hydrogens is 474 g/mol. The van der Waals surface area contributed by atoms with Gasteiger partial charge in [0.1, 0.15) is 28.1 Å². The molecule has 0 bridgehead atoms. The number of nitrogens with zero attached hydrogens (tertiary/aromatic N) is 4. The van der Waals surface area contributed by atoms with E-state index in [0.717, 1.165) is 47.1 Å². The minimum Gasteiger partial charge on any atom is -0.490 e. The van der Waals surface area contributed by atoms with Gasteiger partial charge in [-0.2, -0.15) is 5.26 Å². The Morgan fingerprint density at radius 1 is 1.22 bits per heavy atom. The van der Waals surface area contributed by atoms with E-state index in [4.69, 9.17) is 9.47 Å². The molecule has 1 aliphatic carbocycles. The molecular formula is C27H31N5O3S. The predicted octanol–water partition coefficient (Wildman–Crippen LogP) is 3.76. The molecule has 2 unspecified atom stereocenters. The van der Waals surface area contributed by atoms with Crippen LogP contribution in [0.4, 0.5) is 0 Å². The Kier molecular flexibility index (Phi) is 7.60. The van der Waals surface area contributed by atoms with Gasteiger partial charge in [-0.15, -0.1) is 10.2 Å². The first kappa shape index (κ1) is 24.8. The molecule has 3 aromatic rings. The second-order valence-corrected chi connectivity index (χ2v) is 10.4. The van der Waals surface area contributed by atoms with Crippen molar-refractivity contribution in [1.29, 1.82) is 5.26 Å². The van der Waals surface area contributed by atoms with Crippen LogP contribution in [-0.2, 0) is 11.2 Å². The van der Waals surface area contributed by atoms with Crippen LogP contribution in [0.2, 0.25) is 0 Å². The van der Waals surface area contributed by atoms with E-state index in [2.05, 4.69) is 44.7 Å². The Morgan fingerprint density at radius 3 is 2.81 bits per heavy atom. The molecule has 2 aromatic carbocycles. The number of hydrogen-bond acceptors (Lipinski definition) is 9. The smallest absolute Gasteiger partial charge is 0.148 e. The first-order valence-electron chi connectivity index (χ1n) is 12.4. The topological polar surface area (TPSA) is 104 Å². The van der Waals surface area contributed by atoms with Crippen LogP contribution in [0.3, 0.4) is 0 Å². The van der Waals surface area contributed by atoms with Crippen LogP contribution < -0.4 is 10.1 Å². The van der Waals surface area contributed by atoms with Gasteiger partial charge in [-0.3, -0.25) is 4.90 Å². The molecule has 2 N–H and O–H groups in total. The molecule has 36 heavy (non-hydrogen) atoms. The number of aliphatic hydroxyl groups excluding tert-OH is 1. The largest absolute Gasteiger partial charge is 0.490 e. The van der Waals surface area contributed by atoms with E-state index < -0.39 is 6.23 Å². The van der Waals surface area contributed by atoms with Crippen molar-refractivity contribution in [3.05, 3.63) is 53.1 Å². The fourth-order valence-electron chi connectivity index (χ4n) is 4.87. The lowest BCUT2D eigenvalue weighted by atomic mass is 10.0. The lowest BCUT2D eigenvalue weighted by Gasteiger charge is -2.32. The molecule has 188 valence electrons. The molecule has 0 saturated carbocycles. The third kappa shape index (κ3) is 5.28. The van der Waals surface area contributed by atoms with E-state index in [0.29, 0.717) is 31.1 Å². The van der Waals surface area contributed by atoms with Gasteiger partial charge >= 0.3 is 0 Å². The summed E-state index contributed by atoms with van der Waals surface area (Å²) in [5.41, 5.74) is 5.01. The van der Waals surface area contributed by atoms with Crippen molar-refractivity contribution in [3.8, 4) is 33.0 Å². The SMILES string of the molecule is CC(C)Oc1ccc(-c2nnc(-c3cccc4c3CCC4NCC(O)N3CCOCC3)s2)cc1C#N. The highest BCUT2D eigenvalue weighted by atomic mass is 32.1. The lowest BCUT2D eigenvalue weighted by Crippen LogP contribution is -2.48. The van der Waals surface area contributed by atoms with E-state index in [1.807, 2.05) is 32.0 Å². The van der Waals surface area contributed by atoms with Gasteiger partial charge < -0.3 is 19.9 Å². The van der Waals surface area contributed by atoms with Crippen LogP contribution in [0.25, 0.3) is 21.1 Å². The fraction of sp³-hybridized carbons (Fsp3) is 0.444. The lowest BCUT2D eigenvalue weighted by molar-refractivity contribution is -0.0577. The maximum atomic E-state index is 10.6. The number of morpholine rings is 1. The molecule has 0 amide bonds. The number of fused-ring (bicyclic) bond motifs is 1. The molecule has 8 nitrogen and oxygen atoms in total. The summed E-state index contributed by atoms with van der Waals surface area (Å²) in [6, 6.07) is 14.3. The minimum absolute atomic E-state index is 0.00259. The molecule has 0 radical (unpaired) electrons. The minimum atomic E-state index is -0.512. The first-order chi connectivity index (χ1) is 17.5. The molecule has 2 atom stereocenters. The summed E-state index contributed by atoms with van der Waals surface area (Å²) < 4.78 is 11.1. The Balaban J connectivity index is 1.32. The van der Waals surface area contributed by atoms with E-state index in [-0.39, 0.29) is 12.1 Å². The van der Waals surface area contributed by atoms with Crippen molar-refractivity contribution in [2.24, 2.45) is 0 Å². The number of rotatable bonds is 8. The van der Waals surface area contributed by atoms with Gasteiger partial charge in [-0.25, -0.2) is 0 Å². The van der Waals surface area contributed by atoms with Gasteiger partial charge in [0.05, 0.1) is 24.9 Å². The van der Waals surface area contributed by atoms with Crippen LogP contribution in [0.15, 0.2) is 36.4 Å². The van der Waals surface area contributed by atoms with Gasteiger partial charge in [0, 0.05) is 36.8 Å². The number of aliphatic hydroxyl groups is 1. The Bertz CT molecular complexity index is 1250. The Labute approximate surface area is 215 Å². The Morgan fingerprint density at radius 2 is 2.03 bits per heavy atom. The van der Waals surface area contributed by atoms with Crippen molar-refractivity contribution < 1.29 is 14.6 Å². The van der Waals surface area contributed by atoms with Crippen molar-refractivity contribution in [2.75, 3.05) is 32.8 Å². The highest BCUT2D eigenvalue weighted by molar-refractivity contribution is 7.17. The number of nitrogens with one attached hydrogen (secondary N) is 1. The zero-order valence-corrected chi connectivity index (χ0v) is 21.4. The molecule has 9 heteroatoms. The highest BCUT2D eigenvalue weighted by Crippen LogP contribution is 2.40. The first-order valence-corrected chi connectivity index (χ1v) is 13.2. The number of ether oxygens (including phenoxy) is 2. The van der Waals surface area contributed by atoms with E-state index in [1.165, 1.54) is 22.5 Å².